The van der Waals surface area contributed by atoms with Crippen LogP contribution in [0, 0.1) is 17.7 Å². The lowest BCUT2D eigenvalue weighted by atomic mass is 10.0. The second-order valence-electron chi connectivity index (χ2n) is 5.05. The predicted octanol–water partition coefficient (Wildman–Crippen LogP) is 3.34. The first kappa shape index (κ1) is 17.1. The van der Waals surface area contributed by atoms with Crippen molar-refractivity contribution >= 4 is 21.8 Å². The van der Waals surface area contributed by atoms with Gasteiger partial charge in [0.1, 0.15) is 17.0 Å². The molecular formula is C15H15F2N3O2S. The first-order valence-corrected chi connectivity index (χ1v) is 7.56. The van der Waals surface area contributed by atoms with Crippen LogP contribution in [0.3, 0.4) is 0 Å². The van der Waals surface area contributed by atoms with Gasteiger partial charge in [-0.3, -0.25) is 15.6 Å². The van der Waals surface area contributed by atoms with Crippen LogP contribution in [0.15, 0.2) is 34.5 Å². The van der Waals surface area contributed by atoms with Crippen LogP contribution in [0.25, 0.3) is 0 Å². The molecule has 1 heterocycles. The highest BCUT2D eigenvalue weighted by Gasteiger charge is 2.19. The van der Waals surface area contributed by atoms with Gasteiger partial charge in [-0.2, -0.15) is 0 Å². The number of aromatic amines is 1. The van der Waals surface area contributed by atoms with E-state index in [2.05, 4.69) is 4.98 Å². The number of aromatic nitrogens is 1. The van der Waals surface area contributed by atoms with Crippen molar-refractivity contribution in [3.63, 3.8) is 0 Å². The molecule has 0 saturated carbocycles. The van der Waals surface area contributed by atoms with E-state index in [0.29, 0.717) is 11.8 Å². The van der Waals surface area contributed by atoms with Crippen LogP contribution in [0.5, 0.6) is 5.75 Å². The zero-order chi connectivity index (χ0) is 17.1. The van der Waals surface area contributed by atoms with Gasteiger partial charge < -0.3 is 10.1 Å². The number of nitrogens with one attached hydrogen (secondary N) is 3. The molecule has 4 N–H and O–H groups in total. The fourth-order valence-corrected chi connectivity index (χ4v) is 2.74. The maximum Gasteiger partial charge on any atom is 0.233 e. The molecule has 1 atom stereocenters. The molecule has 0 amide bonds. The Labute approximate surface area is 135 Å². The molecule has 122 valence electrons. The van der Waals surface area contributed by atoms with Gasteiger partial charge in [-0.25, -0.2) is 8.78 Å². The quantitative estimate of drug-likeness (QED) is 0.502. The lowest BCUT2D eigenvalue weighted by Crippen LogP contribution is -2.15. The summed E-state index contributed by atoms with van der Waals surface area (Å²) in [4.78, 5) is 14.5. The minimum absolute atomic E-state index is 0.0541. The number of hydrogen-bond acceptors (Lipinski definition) is 5. The zero-order valence-corrected chi connectivity index (χ0v) is 13.1. The largest absolute Gasteiger partial charge is 0.503 e. The molecule has 1 aliphatic rings. The van der Waals surface area contributed by atoms with Gasteiger partial charge in [0, 0.05) is 19.0 Å². The Balaban J connectivity index is 2.08. The van der Waals surface area contributed by atoms with Crippen LogP contribution in [-0.2, 0) is 0 Å². The summed E-state index contributed by atoms with van der Waals surface area (Å²) in [6.07, 6.45) is 2.03. The molecule has 1 aliphatic carbocycles. The molecule has 2 rings (SSSR count). The maximum absolute atomic E-state index is 13.6. The molecule has 0 aliphatic heterocycles. The number of halogens is 2. The third-order valence-electron chi connectivity index (χ3n) is 3.30. The van der Waals surface area contributed by atoms with Gasteiger partial charge in [0.05, 0.1) is 16.3 Å². The van der Waals surface area contributed by atoms with E-state index >= 15 is 0 Å². The number of thioether (sulfide) groups is 1. The highest BCUT2D eigenvalue weighted by Crippen LogP contribution is 2.27. The second-order valence-corrected chi connectivity index (χ2v) is 6.15. The van der Waals surface area contributed by atoms with Gasteiger partial charge in [-0.05, 0) is 18.6 Å². The second kappa shape index (κ2) is 6.91. The Bertz CT molecular complexity index is 783. The highest BCUT2D eigenvalue weighted by atomic mass is 32.2. The number of H-pyrrole nitrogens is 1. The van der Waals surface area contributed by atoms with Crippen molar-refractivity contribution < 1.29 is 13.9 Å². The first-order chi connectivity index (χ1) is 10.8. The SMILES string of the molecule is Cc1[nH]cc(C(=N)SC(=N)CC2=C(F)CC(F)C=C2)c(=O)c1O. The Morgan fingerprint density at radius 3 is 2.87 bits per heavy atom. The molecule has 1 unspecified atom stereocenters. The van der Waals surface area contributed by atoms with Gasteiger partial charge >= 0.3 is 0 Å². The van der Waals surface area contributed by atoms with Gasteiger partial charge in [-0.15, -0.1) is 0 Å². The van der Waals surface area contributed by atoms with Crippen LogP contribution in [-0.4, -0.2) is 26.3 Å². The van der Waals surface area contributed by atoms with E-state index in [1.807, 2.05) is 0 Å². The normalized spacial score (nSPS) is 17.4. The molecule has 5 nitrogen and oxygen atoms in total. The number of alkyl halides is 1. The molecule has 8 heteroatoms. The molecule has 1 aromatic heterocycles. The van der Waals surface area contributed by atoms with E-state index in [0.717, 1.165) is 0 Å². The van der Waals surface area contributed by atoms with E-state index in [-0.39, 0.29) is 39.8 Å². The van der Waals surface area contributed by atoms with Gasteiger partial charge in [0.15, 0.2) is 5.75 Å². The van der Waals surface area contributed by atoms with Crippen LogP contribution in [0.4, 0.5) is 8.78 Å². The maximum atomic E-state index is 13.6. The van der Waals surface area contributed by atoms with Crippen molar-refractivity contribution in [1.82, 2.24) is 4.98 Å². The Morgan fingerprint density at radius 2 is 2.22 bits per heavy atom. The number of rotatable bonds is 3. The van der Waals surface area contributed by atoms with Crippen LogP contribution >= 0.6 is 11.8 Å². The summed E-state index contributed by atoms with van der Waals surface area (Å²) in [5.41, 5.74) is -0.285. The number of aromatic hydroxyl groups is 1. The third-order valence-corrected chi connectivity index (χ3v) is 4.11. The lowest BCUT2D eigenvalue weighted by molar-refractivity contribution is 0.366. The smallest absolute Gasteiger partial charge is 0.233 e. The van der Waals surface area contributed by atoms with Crippen LogP contribution < -0.4 is 5.43 Å². The Hall–Kier alpha value is -2.22. The summed E-state index contributed by atoms with van der Waals surface area (Å²) < 4.78 is 26.6. The minimum Gasteiger partial charge on any atom is -0.503 e. The van der Waals surface area contributed by atoms with E-state index in [1.165, 1.54) is 25.3 Å². The molecule has 0 fully saturated rings. The van der Waals surface area contributed by atoms with Crippen molar-refractivity contribution in [3.8, 4) is 5.75 Å². The number of allylic oxidation sites excluding steroid dienone is 4. The van der Waals surface area contributed by atoms with Crippen molar-refractivity contribution in [2.75, 3.05) is 0 Å². The van der Waals surface area contributed by atoms with Crippen LogP contribution in [0.1, 0.15) is 24.1 Å². The summed E-state index contributed by atoms with van der Waals surface area (Å²) in [5, 5.41) is 25.0. The Morgan fingerprint density at radius 1 is 1.52 bits per heavy atom. The summed E-state index contributed by atoms with van der Waals surface area (Å²) in [5.74, 6) is -1.08. The van der Waals surface area contributed by atoms with E-state index in [9.17, 15) is 18.7 Å². The van der Waals surface area contributed by atoms with Gasteiger partial charge in [0.25, 0.3) is 0 Å². The van der Waals surface area contributed by atoms with Gasteiger partial charge in [-0.1, -0.05) is 17.8 Å². The standard InChI is InChI=1S/C15H15F2N3O2S/c1-7-13(21)14(22)10(6-20-7)15(19)23-12(18)4-8-2-3-9(16)5-11(8)17/h2-3,6,9,18-19,21H,4-5H2,1H3,(H,20,22). The lowest BCUT2D eigenvalue weighted by Gasteiger charge is -2.13. The van der Waals surface area contributed by atoms with E-state index in [1.54, 1.807) is 0 Å². The highest BCUT2D eigenvalue weighted by molar-refractivity contribution is 8.26. The first-order valence-electron chi connectivity index (χ1n) is 6.74. The molecule has 0 aromatic carbocycles. The summed E-state index contributed by atoms with van der Waals surface area (Å²) in [6, 6.07) is 0. The average molecular weight is 339 g/mol. The Kier molecular flexibility index (Phi) is 5.15. The number of hydrogen-bond donors (Lipinski definition) is 4. The zero-order valence-electron chi connectivity index (χ0n) is 12.2. The monoisotopic (exact) mass is 339 g/mol. The van der Waals surface area contributed by atoms with E-state index in [4.69, 9.17) is 10.8 Å². The topological polar surface area (TPSA) is 101 Å². The third kappa shape index (κ3) is 3.95. The fourth-order valence-electron chi connectivity index (χ4n) is 2.00. The molecule has 23 heavy (non-hydrogen) atoms. The molecule has 0 spiro atoms. The molecule has 0 saturated heterocycles. The van der Waals surface area contributed by atoms with Gasteiger partial charge in [0.2, 0.25) is 5.43 Å². The molecule has 1 aromatic rings. The van der Waals surface area contributed by atoms with Crippen LogP contribution in [0.2, 0.25) is 0 Å². The average Bonchev–Trinajstić information content (AvgIpc) is 2.47. The molecule has 0 radical (unpaired) electrons. The summed E-state index contributed by atoms with van der Waals surface area (Å²) in [7, 11) is 0. The molecular weight excluding hydrogens is 324 g/mol. The summed E-state index contributed by atoms with van der Waals surface area (Å²) >= 11 is 0.685. The fraction of sp³-hybridized carbons (Fsp3) is 0.267. The number of aryl methyl sites for hydroxylation is 1. The predicted molar refractivity (Wildman–Crippen MR) is 87.0 cm³/mol. The summed E-state index contributed by atoms with van der Waals surface area (Å²) in [6.45, 7) is 1.52. The molecule has 0 bridgehead atoms. The van der Waals surface area contributed by atoms with Crippen molar-refractivity contribution in [1.29, 1.82) is 10.8 Å². The van der Waals surface area contributed by atoms with Crippen molar-refractivity contribution in [2.45, 2.75) is 25.9 Å². The van der Waals surface area contributed by atoms with Crippen molar-refractivity contribution in [3.05, 3.63) is 51.2 Å². The van der Waals surface area contributed by atoms with E-state index < -0.39 is 23.2 Å². The number of pyridine rings is 1. The van der Waals surface area contributed by atoms with Crippen molar-refractivity contribution in [2.24, 2.45) is 0 Å². The minimum atomic E-state index is -1.35.